The highest BCUT2D eigenvalue weighted by Gasteiger charge is 2.06. The summed E-state index contributed by atoms with van der Waals surface area (Å²) in [5, 5.41) is 2.97. The van der Waals surface area contributed by atoms with Gasteiger partial charge < -0.3 is 0 Å². The molecular weight excluding hydrogens is 1350 g/mol. The molecule has 0 saturated carbocycles. The highest BCUT2D eigenvalue weighted by molar-refractivity contribution is 9.93. The van der Waals surface area contributed by atoms with E-state index in [4.69, 9.17) is 0 Å². The van der Waals surface area contributed by atoms with Gasteiger partial charge in [-0.3, -0.25) is 0 Å². The van der Waals surface area contributed by atoms with E-state index in [-0.39, 0.29) is 17.0 Å². The van der Waals surface area contributed by atoms with Crippen molar-refractivity contribution >= 4 is 93.0 Å². The zero-order valence-corrected chi connectivity index (χ0v) is 56.3. The lowest BCUT2D eigenvalue weighted by Crippen LogP contribution is -2.33. The van der Waals surface area contributed by atoms with Crippen molar-refractivity contribution in [3.63, 3.8) is 0 Å². The van der Waals surface area contributed by atoms with Gasteiger partial charge in [-0.15, -0.1) is 17.0 Å². The van der Waals surface area contributed by atoms with Crippen molar-refractivity contribution in [1.82, 2.24) is 0 Å². The number of halogens is 6. The molecule has 0 spiro atoms. The van der Waals surface area contributed by atoms with Crippen LogP contribution in [0.1, 0.15) is 186 Å². The molecule has 0 fully saturated rings. The first-order valence-electron chi connectivity index (χ1n) is 27.9. The Balaban J connectivity index is 0.000000647. The van der Waals surface area contributed by atoms with Crippen molar-refractivity contribution in [2.24, 2.45) is 0 Å². The SMILES string of the molecule is Br.BrBr.BrCCCC#Cc1cc(C#CCCCBr)cc(C#CCCCBr)c1.CCCCc1ccc[n+](CCCC#Cc2cc(C#CCCC[n+]3cccc(CCCC)c3)cc(C#CCCC[n+]3cccc(CCCC)c3)c2)c1. The third kappa shape index (κ3) is 33.7. The van der Waals surface area contributed by atoms with Crippen molar-refractivity contribution in [3.8, 4) is 71.0 Å². The standard InChI is InChI=1S/C48H60N3.C21H21Br3.Br2.BrH/c1-4-7-22-43-28-19-34-49(40-43)31-16-10-13-25-46-37-47(26-14-11-17-32-50-35-20-29-44(41-50)23-8-5-2)39-48(38-46)27-15-12-18-33-51-36-21-30-45(42-51)24-9-6-3;22-13-7-1-4-10-19-16-20(11-5-2-8-14-23)18-21(17-19)12-6-3-9-15-24;1-2;/h19-21,28-30,34-42H,4-12,16-18,22-24,31-33H2,1-3H3;16-18H,1-3,7-9,13-15H2;;1H/q+3;;;. The topological polar surface area (TPSA) is 11.6 Å². The van der Waals surface area contributed by atoms with Crippen LogP contribution in [0.4, 0.5) is 0 Å². The fraction of sp³-hybridized carbons (Fsp3) is 0.435. The Morgan fingerprint density at radius 1 is 0.346 bits per heavy atom. The Bertz CT molecular complexity index is 2530. The first-order valence-corrected chi connectivity index (χ1v) is 35.0. The van der Waals surface area contributed by atoms with Crippen LogP contribution in [0.5, 0.6) is 0 Å². The van der Waals surface area contributed by atoms with Crippen LogP contribution < -0.4 is 13.7 Å². The molecule has 3 nitrogen and oxygen atoms in total. The van der Waals surface area contributed by atoms with Gasteiger partial charge >= 0.3 is 0 Å². The molecule has 2 aromatic carbocycles. The molecular formula is C69H82Br6N3+3. The Labute approximate surface area is 524 Å². The van der Waals surface area contributed by atoms with Gasteiger partial charge in [-0.2, -0.15) is 0 Å². The van der Waals surface area contributed by atoms with E-state index in [2.05, 4.69) is 292 Å². The first kappa shape index (κ1) is 70.2. The highest BCUT2D eigenvalue weighted by atomic mass is 80.9. The van der Waals surface area contributed by atoms with Gasteiger partial charge in [0.15, 0.2) is 37.2 Å². The second-order valence-corrected chi connectivity index (χ2v) is 21.1. The minimum absolute atomic E-state index is 0. The largest absolute Gasteiger partial charge is 0.205 e. The molecule has 3 aromatic heterocycles. The number of nitrogens with zero attached hydrogens (tertiary/aromatic N) is 3. The third-order valence-corrected chi connectivity index (χ3v) is 13.6. The van der Waals surface area contributed by atoms with Crippen LogP contribution in [0.15, 0.2) is 110 Å². The van der Waals surface area contributed by atoms with Crippen LogP contribution in [-0.2, 0) is 38.9 Å². The fourth-order valence-corrected chi connectivity index (χ4v) is 8.76. The number of hydrogen-bond donors (Lipinski definition) is 0. The molecule has 0 N–H and O–H groups in total. The predicted molar refractivity (Wildman–Crippen MR) is 355 cm³/mol. The Morgan fingerprint density at radius 3 is 0.795 bits per heavy atom. The number of hydrogen-bond acceptors (Lipinski definition) is 0. The highest BCUT2D eigenvalue weighted by Crippen LogP contribution is 2.12. The van der Waals surface area contributed by atoms with E-state index < -0.39 is 0 Å². The molecule has 0 bridgehead atoms. The molecule has 78 heavy (non-hydrogen) atoms. The lowest BCUT2D eigenvalue weighted by molar-refractivity contribution is -0.697. The van der Waals surface area contributed by atoms with Gasteiger partial charge in [0.25, 0.3) is 0 Å². The second-order valence-electron chi connectivity index (χ2n) is 18.8. The van der Waals surface area contributed by atoms with Gasteiger partial charge in [0.05, 0.1) is 0 Å². The number of aromatic nitrogens is 3. The summed E-state index contributed by atoms with van der Waals surface area (Å²) in [6.45, 7) is 9.70. The maximum Gasteiger partial charge on any atom is 0.171 e. The lowest BCUT2D eigenvalue weighted by Gasteiger charge is -2.00. The number of pyridine rings is 3. The smallest absolute Gasteiger partial charge is 0.171 e. The van der Waals surface area contributed by atoms with E-state index in [1.165, 1.54) is 55.2 Å². The molecule has 9 heteroatoms. The number of alkyl halides is 3. The average molecular weight is 1430 g/mol. The molecule has 0 unspecified atom stereocenters. The molecule has 0 aliphatic heterocycles. The maximum absolute atomic E-state index is 3.44. The Hall–Kier alpha value is -3.87. The molecule has 5 rings (SSSR count). The zero-order chi connectivity index (χ0) is 55.2. The van der Waals surface area contributed by atoms with E-state index in [0.717, 1.165) is 165 Å². The summed E-state index contributed by atoms with van der Waals surface area (Å²) < 4.78 is 6.92. The molecule has 5 aromatic rings. The zero-order valence-electron chi connectivity index (χ0n) is 46.6. The lowest BCUT2D eigenvalue weighted by atomic mass is 10.1. The second kappa shape index (κ2) is 47.9. The van der Waals surface area contributed by atoms with Crippen molar-refractivity contribution in [2.45, 2.75) is 175 Å². The molecule has 0 amide bonds. The third-order valence-electron chi connectivity index (χ3n) is 11.9. The molecule has 0 atom stereocenters. The van der Waals surface area contributed by atoms with Crippen LogP contribution >= 0.6 is 93.0 Å². The minimum atomic E-state index is 0. The summed E-state index contributed by atoms with van der Waals surface area (Å²) in [6.07, 6.45) is 35.8. The molecule has 0 radical (unpaired) electrons. The fourth-order valence-electron chi connectivity index (χ4n) is 7.92. The van der Waals surface area contributed by atoms with Gasteiger partial charge in [-0.25, -0.2) is 13.7 Å². The van der Waals surface area contributed by atoms with Gasteiger partial charge in [-0.1, -0.05) is 159 Å². The van der Waals surface area contributed by atoms with Crippen molar-refractivity contribution in [1.29, 1.82) is 0 Å². The summed E-state index contributed by atoms with van der Waals surface area (Å²) in [4.78, 5) is 0. The van der Waals surface area contributed by atoms with Crippen LogP contribution in [-0.4, -0.2) is 16.0 Å². The monoisotopic (exact) mass is 1430 g/mol. The Morgan fingerprint density at radius 2 is 0.577 bits per heavy atom. The van der Waals surface area contributed by atoms with Crippen LogP contribution in [0, 0.1) is 71.0 Å². The first-order chi connectivity index (χ1) is 37.9. The van der Waals surface area contributed by atoms with E-state index >= 15 is 0 Å². The van der Waals surface area contributed by atoms with Crippen molar-refractivity contribution in [2.75, 3.05) is 16.0 Å². The van der Waals surface area contributed by atoms with Crippen LogP contribution in [0.2, 0.25) is 0 Å². The summed E-state index contributed by atoms with van der Waals surface area (Å²) in [7, 11) is 0. The van der Waals surface area contributed by atoms with E-state index in [0.29, 0.717) is 0 Å². The summed E-state index contributed by atoms with van der Waals surface area (Å²) in [5.74, 6) is 40.0. The summed E-state index contributed by atoms with van der Waals surface area (Å²) in [6, 6.07) is 25.8. The summed E-state index contributed by atoms with van der Waals surface area (Å²) >= 11 is 15.8. The number of benzene rings is 2. The van der Waals surface area contributed by atoms with E-state index in [9.17, 15) is 0 Å². The molecule has 0 aliphatic carbocycles. The van der Waals surface area contributed by atoms with Gasteiger partial charge in [0, 0.05) is 170 Å². The predicted octanol–water partition coefficient (Wildman–Crippen LogP) is 17.6. The van der Waals surface area contributed by atoms with Crippen molar-refractivity contribution < 1.29 is 13.7 Å². The van der Waals surface area contributed by atoms with Gasteiger partial charge in [0.2, 0.25) is 0 Å². The van der Waals surface area contributed by atoms with Crippen molar-refractivity contribution in [3.05, 3.63) is 160 Å². The number of aryl methyl sites for hydroxylation is 6. The van der Waals surface area contributed by atoms with Crippen LogP contribution in [0.25, 0.3) is 0 Å². The Kier molecular flexibility index (Phi) is 43.1. The normalized spacial score (nSPS) is 9.69. The van der Waals surface area contributed by atoms with Crippen LogP contribution in [0.3, 0.4) is 0 Å². The van der Waals surface area contributed by atoms with E-state index in [1.807, 2.05) is 0 Å². The quantitative estimate of drug-likeness (QED) is 0.0253. The number of unbranched alkanes of at least 4 members (excludes halogenated alkanes) is 9. The maximum atomic E-state index is 3.44. The summed E-state index contributed by atoms with van der Waals surface area (Å²) in [5.41, 5.74) is 10.3. The number of rotatable bonds is 24. The minimum Gasteiger partial charge on any atom is -0.205 e. The van der Waals surface area contributed by atoms with Gasteiger partial charge in [-0.05, 0) is 112 Å². The average Bonchev–Trinajstić information content (AvgIpc) is 3.46. The van der Waals surface area contributed by atoms with Gasteiger partial charge in [0.1, 0.15) is 19.6 Å². The molecule has 0 aliphatic rings. The van der Waals surface area contributed by atoms with E-state index in [1.54, 1.807) is 0 Å². The molecule has 3 heterocycles. The molecule has 0 saturated heterocycles. The molecule has 412 valence electrons.